The Morgan fingerprint density at radius 2 is 1.79 bits per heavy atom. The van der Waals surface area contributed by atoms with Gasteiger partial charge >= 0.3 is 12.1 Å². The lowest BCUT2D eigenvalue weighted by atomic mass is 10.0. The molecule has 0 saturated carbocycles. The zero-order chi connectivity index (χ0) is 26.0. The van der Waals surface area contributed by atoms with Crippen LogP contribution < -0.4 is 5.32 Å². The van der Waals surface area contributed by atoms with Crippen LogP contribution in [0.5, 0.6) is 0 Å². The first-order chi connectivity index (χ1) is 15.6. The summed E-state index contributed by atoms with van der Waals surface area (Å²) in [6.45, 7) is 12.0. The summed E-state index contributed by atoms with van der Waals surface area (Å²) in [6.07, 6.45) is 0.0511. The monoisotopic (exact) mass is 479 g/mol. The van der Waals surface area contributed by atoms with Crippen molar-refractivity contribution in [3.8, 4) is 0 Å². The van der Waals surface area contributed by atoms with Crippen molar-refractivity contribution in [1.82, 2.24) is 15.1 Å². The number of aryl methyl sites for hydroxylation is 1. The van der Waals surface area contributed by atoms with Crippen LogP contribution in [0.15, 0.2) is 16.5 Å². The van der Waals surface area contributed by atoms with Crippen molar-refractivity contribution in [2.24, 2.45) is 5.92 Å². The van der Waals surface area contributed by atoms with E-state index in [0.717, 1.165) is 4.90 Å². The molecular formula is C24H37N3O7. The molecule has 2 rings (SSSR count). The molecule has 1 aliphatic heterocycles. The number of likely N-dealkylation sites (N-methyl/N-ethyl adjacent to an activating group) is 1. The van der Waals surface area contributed by atoms with Crippen molar-refractivity contribution in [2.45, 2.75) is 91.1 Å². The topological polar surface area (TPSA) is 129 Å². The highest BCUT2D eigenvalue weighted by Crippen LogP contribution is 2.38. The van der Waals surface area contributed by atoms with Gasteiger partial charge in [-0.1, -0.05) is 13.8 Å². The summed E-state index contributed by atoms with van der Waals surface area (Å²) < 4.78 is 11.0. The van der Waals surface area contributed by atoms with E-state index >= 15 is 0 Å². The zero-order valence-corrected chi connectivity index (χ0v) is 21.2. The van der Waals surface area contributed by atoms with Crippen LogP contribution in [0.3, 0.4) is 0 Å². The first kappa shape index (κ1) is 27.2. The quantitative estimate of drug-likeness (QED) is 0.615. The molecule has 2 heterocycles. The van der Waals surface area contributed by atoms with Gasteiger partial charge in [-0.15, -0.1) is 0 Å². The van der Waals surface area contributed by atoms with E-state index in [1.165, 1.54) is 18.9 Å². The van der Waals surface area contributed by atoms with Crippen LogP contribution >= 0.6 is 0 Å². The molecule has 0 aliphatic carbocycles. The fourth-order valence-electron chi connectivity index (χ4n) is 3.89. The average Bonchev–Trinajstić information content (AvgIpc) is 3.34. The van der Waals surface area contributed by atoms with Crippen molar-refractivity contribution in [3.63, 3.8) is 0 Å². The second-order valence-corrected chi connectivity index (χ2v) is 10.1. The summed E-state index contributed by atoms with van der Waals surface area (Å²) >= 11 is 0. The standard InChI is InChI=1S/C24H37N3O7/c1-13(2)19(25-20(28)15(4)26(8)23(32)34-24(5,6)7)21(29)27-16(10-11-17(27)22(30)31)18-12-9-14(3)33-18/h9,12-13,15-17,19H,10-11H2,1-8H3,(H,25,28)(H,30,31)/t15-,16+,17-,19-/m0/s1. The van der Waals surface area contributed by atoms with Gasteiger partial charge in [-0.2, -0.15) is 0 Å². The molecule has 0 radical (unpaired) electrons. The van der Waals surface area contributed by atoms with E-state index in [-0.39, 0.29) is 12.3 Å². The van der Waals surface area contributed by atoms with Crippen molar-refractivity contribution >= 4 is 23.9 Å². The SMILES string of the molecule is Cc1ccc([C@H]2CC[C@@H](C(=O)O)N2C(=O)[C@@H](NC(=O)[C@H](C)N(C)C(=O)OC(C)(C)C)C(C)C)o1. The Bertz CT molecular complexity index is 918. The molecule has 1 aliphatic rings. The van der Waals surface area contributed by atoms with Crippen LogP contribution in [0.25, 0.3) is 0 Å². The molecule has 1 fully saturated rings. The molecule has 34 heavy (non-hydrogen) atoms. The van der Waals surface area contributed by atoms with Crippen molar-refractivity contribution in [1.29, 1.82) is 0 Å². The van der Waals surface area contributed by atoms with Gasteiger partial charge in [0.05, 0.1) is 6.04 Å². The number of carboxylic acids is 1. The lowest BCUT2D eigenvalue weighted by molar-refractivity contribution is -0.152. The Kier molecular flexibility index (Phi) is 8.39. The van der Waals surface area contributed by atoms with Crippen LogP contribution in [0.2, 0.25) is 0 Å². The van der Waals surface area contributed by atoms with Gasteiger partial charge in [0.2, 0.25) is 11.8 Å². The van der Waals surface area contributed by atoms with Gasteiger partial charge in [0.25, 0.3) is 0 Å². The Morgan fingerprint density at radius 1 is 1.18 bits per heavy atom. The summed E-state index contributed by atoms with van der Waals surface area (Å²) in [7, 11) is 1.45. The molecule has 1 saturated heterocycles. The van der Waals surface area contributed by atoms with Crippen molar-refractivity contribution < 1.29 is 33.4 Å². The Morgan fingerprint density at radius 3 is 2.26 bits per heavy atom. The van der Waals surface area contributed by atoms with E-state index in [4.69, 9.17) is 9.15 Å². The van der Waals surface area contributed by atoms with E-state index in [1.807, 2.05) is 0 Å². The molecule has 190 valence electrons. The maximum absolute atomic E-state index is 13.6. The Balaban J connectivity index is 2.24. The second-order valence-electron chi connectivity index (χ2n) is 10.1. The summed E-state index contributed by atoms with van der Waals surface area (Å²) in [5.41, 5.74) is -0.723. The molecule has 3 amide bonds. The molecule has 4 atom stereocenters. The maximum atomic E-state index is 13.6. The van der Waals surface area contributed by atoms with E-state index < -0.39 is 53.6 Å². The zero-order valence-electron chi connectivity index (χ0n) is 21.2. The predicted molar refractivity (Wildman–Crippen MR) is 124 cm³/mol. The number of carboxylic acid groups (broad SMARTS) is 1. The number of carbonyl (C=O) groups is 4. The number of amides is 3. The van der Waals surface area contributed by atoms with Gasteiger partial charge in [-0.05, 0) is 65.5 Å². The fourth-order valence-corrected chi connectivity index (χ4v) is 3.89. The molecule has 1 aromatic rings. The third-order valence-electron chi connectivity index (χ3n) is 5.89. The number of likely N-dealkylation sites (tertiary alicyclic amines) is 1. The number of nitrogens with one attached hydrogen (secondary N) is 1. The minimum atomic E-state index is -1.11. The van der Waals surface area contributed by atoms with Gasteiger partial charge in [-0.25, -0.2) is 9.59 Å². The molecular weight excluding hydrogens is 442 g/mol. The first-order valence-corrected chi connectivity index (χ1v) is 11.5. The van der Waals surface area contributed by atoms with E-state index in [1.54, 1.807) is 53.7 Å². The third kappa shape index (κ3) is 6.30. The Labute approximate surface area is 200 Å². The van der Waals surface area contributed by atoms with Gasteiger partial charge in [0.1, 0.15) is 35.2 Å². The van der Waals surface area contributed by atoms with Crippen LogP contribution in [0.4, 0.5) is 4.79 Å². The smallest absolute Gasteiger partial charge is 0.410 e. The van der Waals surface area contributed by atoms with Crippen LogP contribution in [-0.2, 0) is 19.1 Å². The summed E-state index contributed by atoms with van der Waals surface area (Å²) in [4.78, 5) is 53.4. The van der Waals surface area contributed by atoms with Crippen molar-refractivity contribution in [3.05, 3.63) is 23.7 Å². The number of furan rings is 1. The second kappa shape index (κ2) is 10.5. The molecule has 0 aromatic carbocycles. The number of carbonyl (C=O) groups excluding carboxylic acids is 3. The number of ether oxygens (including phenoxy) is 1. The molecule has 10 heteroatoms. The highest BCUT2D eigenvalue weighted by molar-refractivity contribution is 5.93. The number of nitrogens with zero attached hydrogens (tertiary/aromatic N) is 2. The molecule has 2 N–H and O–H groups in total. The molecule has 0 spiro atoms. The lowest BCUT2D eigenvalue weighted by Crippen LogP contribution is -2.57. The number of aliphatic carboxylic acids is 1. The lowest BCUT2D eigenvalue weighted by Gasteiger charge is -2.34. The molecule has 0 unspecified atom stereocenters. The van der Waals surface area contributed by atoms with E-state index in [9.17, 15) is 24.3 Å². The maximum Gasteiger partial charge on any atom is 0.410 e. The highest BCUT2D eigenvalue weighted by Gasteiger charge is 2.46. The van der Waals surface area contributed by atoms with Crippen LogP contribution in [0.1, 0.15) is 71.9 Å². The molecule has 10 nitrogen and oxygen atoms in total. The minimum absolute atomic E-state index is 0.280. The minimum Gasteiger partial charge on any atom is -0.480 e. The third-order valence-corrected chi connectivity index (χ3v) is 5.89. The van der Waals surface area contributed by atoms with Gasteiger partial charge < -0.3 is 24.5 Å². The average molecular weight is 480 g/mol. The Hall–Kier alpha value is -3.04. The molecule has 0 bridgehead atoms. The van der Waals surface area contributed by atoms with Crippen LogP contribution in [0, 0.1) is 12.8 Å². The van der Waals surface area contributed by atoms with Gasteiger partial charge in [-0.3, -0.25) is 14.5 Å². The predicted octanol–water partition coefficient (Wildman–Crippen LogP) is 3.10. The number of rotatable bonds is 7. The highest BCUT2D eigenvalue weighted by atomic mass is 16.6. The van der Waals surface area contributed by atoms with Gasteiger partial charge in [0.15, 0.2) is 0 Å². The normalized spacial score (nSPS) is 20.1. The van der Waals surface area contributed by atoms with E-state index in [2.05, 4.69) is 5.32 Å². The number of hydrogen-bond acceptors (Lipinski definition) is 6. The largest absolute Gasteiger partial charge is 0.480 e. The number of hydrogen-bond donors (Lipinski definition) is 2. The van der Waals surface area contributed by atoms with Crippen molar-refractivity contribution in [2.75, 3.05) is 7.05 Å². The van der Waals surface area contributed by atoms with Crippen LogP contribution in [-0.4, -0.2) is 69.6 Å². The first-order valence-electron chi connectivity index (χ1n) is 11.5. The van der Waals surface area contributed by atoms with E-state index in [0.29, 0.717) is 17.9 Å². The molecule has 1 aromatic heterocycles. The summed E-state index contributed by atoms with van der Waals surface area (Å²) in [5, 5.41) is 12.5. The summed E-state index contributed by atoms with van der Waals surface area (Å²) in [6, 6.07) is 0.0415. The fraction of sp³-hybridized carbons (Fsp3) is 0.667. The summed E-state index contributed by atoms with van der Waals surface area (Å²) in [5.74, 6) is -1.30. The van der Waals surface area contributed by atoms with Gasteiger partial charge in [0, 0.05) is 7.05 Å².